The highest BCUT2D eigenvalue weighted by atomic mass is 32.1. The molecule has 2 rings (SSSR count). The lowest BCUT2D eigenvalue weighted by atomic mass is 10.0. The number of esters is 1. The maximum absolute atomic E-state index is 12.7. The highest BCUT2D eigenvalue weighted by molar-refractivity contribution is 7.13. The minimum atomic E-state index is -0.440. The molecule has 0 aliphatic heterocycles. The molecule has 5 nitrogen and oxygen atoms in total. The van der Waals surface area contributed by atoms with Crippen LogP contribution in [0.5, 0.6) is 0 Å². The number of ether oxygens (including phenoxy) is 1. The number of thiazole rings is 1. The Bertz CT molecular complexity index is 751. The van der Waals surface area contributed by atoms with Gasteiger partial charge in [0.25, 0.3) is 5.91 Å². The maximum Gasteiger partial charge on any atom is 0.307 e. The smallest absolute Gasteiger partial charge is 0.307 e. The number of carbonyl (C=O) groups excluding carboxylic acids is 2. The van der Waals surface area contributed by atoms with Gasteiger partial charge in [-0.2, -0.15) is 0 Å². The quantitative estimate of drug-likeness (QED) is 0.793. The van der Waals surface area contributed by atoms with Crippen LogP contribution in [0.4, 0.5) is 0 Å². The summed E-state index contributed by atoms with van der Waals surface area (Å²) < 4.78 is 4.77. The van der Waals surface area contributed by atoms with Crippen LogP contribution in [0.15, 0.2) is 24.3 Å². The van der Waals surface area contributed by atoms with Crippen molar-refractivity contribution < 1.29 is 14.3 Å². The third-order valence-electron chi connectivity index (χ3n) is 3.90. The molecule has 1 N–H and O–H groups in total. The first-order valence-electron chi connectivity index (χ1n) is 8.23. The van der Waals surface area contributed by atoms with Gasteiger partial charge in [-0.05, 0) is 19.4 Å². The van der Waals surface area contributed by atoms with Crippen molar-refractivity contribution in [3.05, 3.63) is 51.0 Å². The van der Waals surface area contributed by atoms with E-state index in [1.165, 1.54) is 18.4 Å². The van der Waals surface area contributed by atoms with Crippen LogP contribution in [0.1, 0.15) is 63.7 Å². The van der Waals surface area contributed by atoms with Crippen molar-refractivity contribution in [1.29, 1.82) is 0 Å². The van der Waals surface area contributed by atoms with Gasteiger partial charge in [0.15, 0.2) is 0 Å². The zero-order valence-electron chi connectivity index (χ0n) is 15.3. The predicted molar refractivity (Wildman–Crippen MR) is 99.0 cm³/mol. The van der Waals surface area contributed by atoms with Gasteiger partial charge in [0.2, 0.25) is 0 Å². The molecule has 0 aliphatic carbocycles. The molecule has 25 heavy (non-hydrogen) atoms. The van der Waals surface area contributed by atoms with Crippen LogP contribution in [-0.4, -0.2) is 24.0 Å². The van der Waals surface area contributed by atoms with Gasteiger partial charge in [0.1, 0.15) is 4.88 Å². The Kier molecular flexibility index (Phi) is 6.31. The molecule has 0 radical (unpaired) electrons. The standard InChI is InChI=1S/C19H24N2O3S/c1-11(2)19-20-13(4)17(25-19)18(23)21-15(10-16(22)24-5)14-8-6-12(3)7-9-14/h6-9,11,15H,10H2,1-5H3,(H,21,23). The molecule has 0 aliphatic rings. The van der Waals surface area contributed by atoms with Gasteiger partial charge in [-0.1, -0.05) is 43.7 Å². The lowest BCUT2D eigenvalue weighted by molar-refractivity contribution is -0.141. The monoisotopic (exact) mass is 360 g/mol. The van der Waals surface area contributed by atoms with E-state index in [1.54, 1.807) is 0 Å². The van der Waals surface area contributed by atoms with E-state index in [9.17, 15) is 9.59 Å². The van der Waals surface area contributed by atoms with Crippen molar-refractivity contribution in [2.45, 2.75) is 46.1 Å². The average molecular weight is 360 g/mol. The second-order valence-electron chi connectivity index (χ2n) is 6.34. The zero-order chi connectivity index (χ0) is 18.6. The number of hydrogen-bond acceptors (Lipinski definition) is 5. The average Bonchev–Trinajstić information content (AvgIpc) is 2.97. The number of nitrogens with one attached hydrogen (secondary N) is 1. The molecular weight excluding hydrogens is 336 g/mol. The van der Waals surface area contributed by atoms with Crippen LogP contribution in [-0.2, 0) is 9.53 Å². The van der Waals surface area contributed by atoms with Gasteiger partial charge < -0.3 is 10.1 Å². The molecule has 1 atom stereocenters. The molecular formula is C19H24N2O3S. The fourth-order valence-corrected chi connectivity index (χ4v) is 3.37. The number of amides is 1. The number of aromatic nitrogens is 1. The van der Waals surface area contributed by atoms with E-state index in [-0.39, 0.29) is 24.2 Å². The Hall–Kier alpha value is -2.21. The van der Waals surface area contributed by atoms with Crippen molar-refractivity contribution in [3.63, 3.8) is 0 Å². The van der Waals surface area contributed by atoms with E-state index >= 15 is 0 Å². The van der Waals surface area contributed by atoms with Crippen LogP contribution in [0, 0.1) is 13.8 Å². The third kappa shape index (κ3) is 4.89. The number of hydrogen-bond donors (Lipinski definition) is 1. The number of aryl methyl sites for hydroxylation is 2. The summed E-state index contributed by atoms with van der Waals surface area (Å²) in [5.74, 6) is -0.306. The van der Waals surface area contributed by atoms with Crippen molar-refractivity contribution in [2.75, 3.05) is 7.11 Å². The highest BCUT2D eigenvalue weighted by Gasteiger charge is 2.23. The maximum atomic E-state index is 12.7. The first-order chi connectivity index (χ1) is 11.8. The molecule has 1 aromatic carbocycles. The lowest BCUT2D eigenvalue weighted by Crippen LogP contribution is -2.30. The van der Waals surface area contributed by atoms with Crippen molar-refractivity contribution in [1.82, 2.24) is 10.3 Å². The van der Waals surface area contributed by atoms with E-state index in [0.717, 1.165) is 16.1 Å². The number of nitrogens with zero attached hydrogens (tertiary/aromatic N) is 1. The van der Waals surface area contributed by atoms with Crippen LogP contribution >= 0.6 is 11.3 Å². The zero-order valence-corrected chi connectivity index (χ0v) is 16.1. The Morgan fingerprint density at radius 3 is 2.36 bits per heavy atom. The molecule has 1 aromatic heterocycles. The van der Waals surface area contributed by atoms with Gasteiger partial charge in [-0.3, -0.25) is 9.59 Å². The summed E-state index contributed by atoms with van der Waals surface area (Å²) in [6, 6.07) is 7.32. The summed E-state index contributed by atoms with van der Waals surface area (Å²) in [6.07, 6.45) is 0.0835. The van der Waals surface area contributed by atoms with Gasteiger partial charge >= 0.3 is 5.97 Å². The second-order valence-corrected chi connectivity index (χ2v) is 7.37. The number of benzene rings is 1. The molecule has 2 aromatic rings. The first kappa shape index (κ1) is 19.1. The molecule has 0 bridgehead atoms. The van der Waals surface area contributed by atoms with E-state index in [2.05, 4.69) is 10.3 Å². The second kappa shape index (κ2) is 8.25. The molecule has 0 fully saturated rings. The Morgan fingerprint density at radius 2 is 1.84 bits per heavy atom. The fourth-order valence-electron chi connectivity index (χ4n) is 2.40. The third-order valence-corrected chi connectivity index (χ3v) is 5.35. The highest BCUT2D eigenvalue weighted by Crippen LogP contribution is 2.26. The lowest BCUT2D eigenvalue weighted by Gasteiger charge is -2.18. The molecule has 0 saturated heterocycles. The van der Waals surface area contributed by atoms with E-state index < -0.39 is 6.04 Å². The number of carbonyl (C=O) groups is 2. The SMILES string of the molecule is COC(=O)CC(NC(=O)c1sc(C(C)C)nc1C)c1ccc(C)cc1. The van der Waals surface area contributed by atoms with Gasteiger partial charge in [-0.25, -0.2) is 4.98 Å². The summed E-state index contributed by atoms with van der Waals surface area (Å²) >= 11 is 1.40. The summed E-state index contributed by atoms with van der Waals surface area (Å²) in [5.41, 5.74) is 2.70. The van der Waals surface area contributed by atoms with E-state index in [1.807, 2.05) is 52.0 Å². The predicted octanol–water partition coefficient (Wildman–Crippen LogP) is 3.92. The van der Waals surface area contributed by atoms with Crippen LogP contribution in [0.3, 0.4) is 0 Å². The van der Waals surface area contributed by atoms with Gasteiger partial charge in [-0.15, -0.1) is 11.3 Å². The summed E-state index contributed by atoms with van der Waals surface area (Å²) in [5, 5.41) is 3.89. The largest absolute Gasteiger partial charge is 0.469 e. The molecule has 6 heteroatoms. The van der Waals surface area contributed by atoms with Crippen molar-refractivity contribution in [3.8, 4) is 0 Å². The van der Waals surface area contributed by atoms with Crippen LogP contribution in [0.2, 0.25) is 0 Å². The topological polar surface area (TPSA) is 68.3 Å². The molecule has 1 amide bonds. The van der Waals surface area contributed by atoms with Crippen LogP contribution in [0.25, 0.3) is 0 Å². The minimum absolute atomic E-state index is 0.0835. The van der Waals surface area contributed by atoms with Gasteiger partial charge in [0.05, 0.1) is 30.3 Å². The molecule has 1 heterocycles. The first-order valence-corrected chi connectivity index (χ1v) is 9.05. The summed E-state index contributed by atoms with van der Waals surface area (Å²) in [4.78, 5) is 29.5. The van der Waals surface area contributed by atoms with Gasteiger partial charge in [0, 0.05) is 5.92 Å². The normalized spacial score (nSPS) is 12.1. The number of rotatable bonds is 6. The molecule has 1 unspecified atom stereocenters. The minimum Gasteiger partial charge on any atom is -0.469 e. The summed E-state index contributed by atoms with van der Waals surface area (Å²) in [7, 11) is 1.35. The molecule has 0 spiro atoms. The van der Waals surface area contributed by atoms with E-state index in [0.29, 0.717) is 10.6 Å². The van der Waals surface area contributed by atoms with Crippen molar-refractivity contribution in [2.24, 2.45) is 0 Å². The Morgan fingerprint density at radius 1 is 1.20 bits per heavy atom. The fraction of sp³-hybridized carbons (Fsp3) is 0.421. The molecule has 0 saturated carbocycles. The summed E-state index contributed by atoms with van der Waals surface area (Å²) in [6.45, 7) is 7.92. The van der Waals surface area contributed by atoms with Crippen LogP contribution < -0.4 is 5.32 Å². The Balaban J connectivity index is 2.24. The van der Waals surface area contributed by atoms with Crippen molar-refractivity contribution >= 4 is 23.2 Å². The number of methoxy groups -OCH3 is 1. The Labute approximate surface area is 152 Å². The molecule has 134 valence electrons. The van der Waals surface area contributed by atoms with E-state index in [4.69, 9.17) is 4.74 Å².